The number of likely N-dealkylation sites (N-methyl/N-ethyl adjacent to an activating group) is 1. The smallest absolute Gasteiger partial charge is 0.410 e. The topological polar surface area (TPSA) is 70.1 Å². The van der Waals surface area contributed by atoms with Gasteiger partial charge in [-0.25, -0.2) is 4.79 Å². The van der Waals surface area contributed by atoms with E-state index in [9.17, 15) is 14.7 Å². The Balaban J connectivity index is 1.67. The number of likely N-dealkylation sites (tertiary alicyclic amines) is 1. The highest BCUT2D eigenvalue weighted by Crippen LogP contribution is 2.22. The summed E-state index contributed by atoms with van der Waals surface area (Å²) in [6.07, 6.45) is -1.10. The summed E-state index contributed by atoms with van der Waals surface area (Å²) in [6, 6.07) is 18.1. The molecule has 1 heterocycles. The molecular weight excluding hydrogens is 356 g/mol. The van der Waals surface area contributed by atoms with Crippen LogP contribution < -0.4 is 0 Å². The van der Waals surface area contributed by atoms with Crippen molar-refractivity contribution in [3.05, 3.63) is 71.8 Å². The van der Waals surface area contributed by atoms with Crippen molar-refractivity contribution < 1.29 is 19.4 Å². The maximum absolute atomic E-state index is 13.1. The average Bonchev–Trinajstić information content (AvgIpc) is 3.12. The van der Waals surface area contributed by atoms with Gasteiger partial charge >= 0.3 is 6.09 Å². The molecule has 0 radical (unpaired) electrons. The van der Waals surface area contributed by atoms with E-state index in [1.165, 1.54) is 4.90 Å². The SMILES string of the molecule is CCN(Cc1ccccc1)C(=O)[C@@H]1C(O)CCN1C(=O)OCc1ccccc1. The van der Waals surface area contributed by atoms with Crippen LogP contribution in [0.4, 0.5) is 4.79 Å². The minimum atomic E-state index is -0.910. The minimum Gasteiger partial charge on any atom is -0.445 e. The molecule has 2 amide bonds. The lowest BCUT2D eigenvalue weighted by Crippen LogP contribution is -2.51. The molecule has 3 rings (SSSR count). The van der Waals surface area contributed by atoms with E-state index in [4.69, 9.17) is 4.74 Å². The molecule has 6 heteroatoms. The number of benzene rings is 2. The fraction of sp³-hybridized carbons (Fsp3) is 0.364. The molecule has 0 aliphatic carbocycles. The Morgan fingerprint density at radius 3 is 2.29 bits per heavy atom. The molecule has 1 fully saturated rings. The maximum atomic E-state index is 13.1. The van der Waals surface area contributed by atoms with Crippen LogP contribution in [-0.2, 0) is 22.7 Å². The first-order valence-electron chi connectivity index (χ1n) is 9.58. The molecule has 2 aromatic carbocycles. The number of hydrogen-bond acceptors (Lipinski definition) is 4. The molecule has 148 valence electrons. The van der Waals surface area contributed by atoms with Crippen LogP contribution in [-0.4, -0.2) is 52.1 Å². The number of nitrogens with zero attached hydrogens (tertiary/aromatic N) is 2. The standard InChI is InChI=1S/C22H26N2O4/c1-2-23(15-17-9-5-3-6-10-17)21(26)20-19(25)13-14-24(20)22(27)28-16-18-11-7-4-8-12-18/h3-12,19-20,25H,2,13-16H2,1H3/t19?,20-/m0/s1. The van der Waals surface area contributed by atoms with Crippen molar-refractivity contribution in [1.82, 2.24) is 9.80 Å². The third-order valence-electron chi connectivity index (χ3n) is 4.97. The van der Waals surface area contributed by atoms with Crippen LogP contribution in [0.15, 0.2) is 60.7 Å². The molecule has 0 aromatic heterocycles. The number of amides is 2. The summed E-state index contributed by atoms with van der Waals surface area (Å²) in [7, 11) is 0. The van der Waals surface area contributed by atoms with Crippen molar-refractivity contribution in [3.8, 4) is 0 Å². The Bertz CT molecular complexity index is 782. The summed E-state index contributed by atoms with van der Waals surface area (Å²) in [4.78, 5) is 28.7. The average molecular weight is 382 g/mol. The second-order valence-electron chi connectivity index (χ2n) is 6.87. The van der Waals surface area contributed by atoms with E-state index in [1.807, 2.05) is 67.6 Å². The van der Waals surface area contributed by atoms with Crippen molar-refractivity contribution in [2.45, 2.75) is 38.6 Å². The van der Waals surface area contributed by atoms with Gasteiger partial charge in [-0.05, 0) is 24.5 Å². The summed E-state index contributed by atoms with van der Waals surface area (Å²) in [6.45, 7) is 3.25. The number of carbonyl (C=O) groups is 2. The second kappa shape index (κ2) is 9.37. The summed E-state index contributed by atoms with van der Waals surface area (Å²) in [5.41, 5.74) is 1.88. The molecule has 1 N–H and O–H groups in total. The van der Waals surface area contributed by atoms with Crippen LogP contribution in [0.3, 0.4) is 0 Å². The molecule has 0 spiro atoms. The molecule has 2 aromatic rings. The van der Waals surface area contributed by atoms with E-state index in [-0.39, 0.29) is 12.5 Å². The van der Waals surface area contributed by atoms with Gasteiger partial charge in [0.1, 0.15) is 12.6 Å². The zero-order valence-corrected chi connectivity index (χ0v) is 16.0. The highest BCUT2D eigenvalue weighted by Gasteiger charge is 2.43. The lowest BCUT2D eigenvalue weighted by Gasteiger charge is -2.30. The van der Waals surface area contributed by atoms with Crippen LogP contribution in [0.1, 0.15) is 24.5 Å². The molecule has 1 unspecified atom stereocenters. The number of carbonyl (C=O) groups excluding carboxylic acids is 2. The Kier molecular flexibility index (Phi) is 6.66. The molecule has 6 nitrogen and oxygen atoms in total. The van der Waals surface area contributed by atoms with Crippen molar-refractivity contribution in [3.63, 3.8) is 0 Å². The summed E-state index contributed by atoms with van der Waals surface area (Å²) >= 11 is 0. The molecule has 0 bridgehead atoms. The third-order valence-corrected chi connectivity index (χ3v) is 4.97. The second-order valence-corrected chi connectivity index (χ2v) is 6.87. The fourth-order valence-corrected chi connectivity index (χ4v) is 3.42. The first-order valence-corrected chi connectivity index (χ1v) is 9.58. The number of ether oxygens (including phenoxy) is 1. The van der Waals surface area contributed by atoms with Gasteiger partial charge in [-0.3, -0.25) is 9.69 Å². The van der Waals surface area contributed by atoms with Gasteiger partial charge in [-0.2, -0.15) is 0 Å². The van der Waals surface area contributed by atoms with Gasteiger partial charge in [0.2, 0.25) is 5.91 Å². The van der Waals surface area contributed by atoms with Crippen molar-refractivity contribution in [2.24, 2.45) is 0 Å². The van der Waals surface area contributed by atoms with Gasteiger partial charge in [0, 0.05) is 19.6 Å². The van der Waals surface area contributed by atoms with Crippen LogP contribution >= 0.6 is 0 Å². The molecular formula is C22H26N2O4. The summed E-state index contributed by atoms with van der Waals surface area (Å²) < 4.78 is 5.38. The molecule has 1 aliphatic rings. The van der Waals surface area contributed by atoms with Crippen LogP contribution in [0, 0.1) is 0 Å². The van der Waals surface area contributed by atoms with Crippen LogP contribution in [0.5, 0.6) is 0 Å². The highest BCUT2D eigenvalue weighted by molar-refractivity contribution is 5.87. The van der Waals surface area contributed by atoms with E-state index in [0.717, 1.165) is 11.1 Å². The molecule has 0 saturated carbocycles. The first-order chi connectivity index (χ1) is 13.6. The summed E-state index contributed by atoms with van der Waals surface area (Å²) in [5.74, 6) is -0.256. The largest absolute Gasteiger partial charge is 0.445 e. The number of rotatable bonds is 6. The number of aliphatic hydroxyl groups is 1. The van der Waals surface area contributed by atoms with Crippen molar-refractivity contribution >= 4 is 12.0 Å². The van der Waals surface area contributed by atoms with E-state index >= 15 is 0 Å². The highest BCUT2D eigenvalue weighted by atomic mass is 16.6. The normalized spacial score (nSPS) is 18.7. The van der Waals surface area contributed by atoms with E-state index < -0.39 is 18.2 Å². The van der Waals surface area contributed by atoms with Crippen LogP contribution in [0.2, 0.25) is 0 Å². The lowest BCUT2D eigenvalue weighted by atomic mass is 10.1. The number of aliphatic hydroxyl groups excluding tert-OH is 1. The van der Waals surface area contributed by atoms with Gasteiger partial charge in [0.25, 0.3) is 0 Å². The monoisotopic (exact) mass is 382 g/mol. The van der Waals surface area contributed by atoms with Gasteiger partial charge in [0.05, 0.1) is 6.10 Å². The predicted molar refractivity (Wildman–Crippen MR) is 105 cm³/mol. The van der Waals surface area contributed by atoms with E-state index in [2.05, 4.69) is 0 Å². The summed E-state index contributed by atoms with van der Waals surface area (Å²) in [5, 5.41) is 10.4. The Morgan fingerprint density at radius 2 is 1.68 bits per heavy atom. The predicted octanol–water partition coefficient (Wildman–Crippen LogP) is 2.81. The van der Waals surface area contributed by atoms with Gasteiger partial charge in [-0.1, -0.05) is 60.7 Å². The number of hydrogen-bond donors (Lipinski definition) is 1. The Morgan fingerprint density at radius 1 is 1.07 bits per heavy atom. The van der Waals surface area contributed by atoms with E-state index in [0.29, 0.717) is 26.1 Å². The first kappa shape index (κ1) is 19.9. The van der Waals surface area contributed by atoms with E-state index in [1.54, 1.807) is 4.90 Å². The zero-order chi connectivity index (χ0) is 19.9. The molecule has 1 saturated heterocycles. The quantitative estimate of drug-likeness (QED) is 0.834. The van der Waals surface area contributed by atoms with Gasteiger partial charge in [0.15, 0.2) is 0 Å². The Hall–Kier alpha value is -2.86. The lowest BCUT2D eigenvalue weighted by molar-refractivity contribution is -0.138. The fourth-order valence-electron chi connectivity index (χ4n) is 3.42. The zero-order valence-electron chi connectivity index (χ0n) is 16.0. The van der Waals surface area contributed by atoms with Gasteiger partial charge in [-0.15, -0.1) is 0 Å². The van der Waals surface area contributed by atoms with Crippen LogP contribution in [0.25, 0.3) is 0 Å². The third kappa shape index (κ3) is 4.70. The minimum absolute atomic E-state index is 0.134. The molecule has 2 atom stereocenters. The maximum Gasteiger partial charge on any atom is 0.410 e. The Labute approximate surface area is 165 Å². The van der Waals surface area contributed by atoms with Crippen molar-refractivity contribution in [1.29, 1.82) is 0 Å². The molecule has 28 heavy (non-hydrogen) atoms. The molecule has 1 aliphatic heterocycles. The van der Waals surface area contributed by atoms with Gasteiger partial charge < -0.3 is 14.7 Å². The van der Waals surface area contributed by atoms with Crippen molar-refractivity contribution in [2.75, 3.05) is 13.1 Å².